The molecular formula is C23H14ClN5. The molecule has 3 aromatic carbocycles. The summed E-state index contributed by atoms with van der Waals surface area (Å²) in [6, 6.07) is 20.2. The highest BCUT2D eigenvalue weighted by molar-refractivity contribution is 6.35. The molecule has 0 unspecified atom stereocenters. The molecule has 0 bridgehead atoms. The molecule has 0 atom stereocenters. The molecule has 0 fully saturated rings. The largest absolute Gasteiger partial charge is 0.337 e. The third-order valence-corrected chi connectivity index (χ3v) is 5.53. The van der Waals surface area contributed by atoms with E-state index in [2.05, 4.69) is 49.4 Å². The second kappa shape index (κ2) is 6.15. The molecule has 0 radical (unpaired) electrons. The first kappa shape index (κ1) is 16.3. The number of nitrogens with one attached hydrogen (secondary N) is 2. The number of benzene rings is 3. The second-order valence-corrected chi connectivity index (χ2v) is 7.37. The van der Waals surface area contributed by atoms with Crippen LogP contribution in [0.3, 0.4) is 0 Å². The van der Waals surface area contributed by atoms with Gasteiger partial charge in [-0.3, -0.25) is 10.1 Å². The van der Waals surface area contributed by atoms with Gasteiger partial charge in [-0.05, 0) is 35.2 Å². The summed E-state index contributed by atoms with van der Waals surface area (Å²) in [7, 11) is 0. The normalized spacial score (nSPS) is 11.6. The number of imidazole rings is 1. The highest BCUT2D eigenvalue weighted by Gasteiger charge is 2.15. The van der Waals surface area contributed by atoms with Crippen molar-refractivity contribution in [3.8, 4) is 22.6 Å². The Bertz CT molecular complexity index is 1520. The van der Waals surface area contributed by atoms with Crippen LogP contribution in [0.1, 0.15) is 0 Å². The van der Waals surface area contributed by atoms with E-state index in [1.807, 2.05) is 48.8 Å². The number of aromatic nitrogens is 5. The summed E-state index contributed by atoms with van der Waals surface area (Å²) < 4.78 is 0. The summed E-state index contributed by atoms with van der Waals surface area (Å²) in [4.78, 5) is 12.4. The van der Waals surface area contributed by atoms with Crippen LogP contribution in [0.25, 0.3) is 55.4 Å². The average Bonchev–Trinajstić information content (AvgIpc) is 3.37. The highest BCUT2D eigenvalue weighted by Crippen LogP contribution is 2.33. The number of pyridine rings is 1. The third-order valence-electron chi connectivity index (χ3n) is 5.23. The maximum absolute atomic E-state index is 6.29. The predicted octanol–water partition coefficient (Wildman–Crippen LogP) is 5.97. The fraction of sp³-hybridized carbons (Fsp3) is 0. The van der Waals surface area contributed by atoms with Gasteiger partial charge in [-0.1, -0.05) is 48.0 Å². The predicted molar refractivity (Wildman–Crippen MR) is 117 cm³/mol. The van der Waals surface area contributed by atoms with E-state index in [9.17, 15) is 0 Å². The van der Waals surface area contributed by atoms with Crippen LogP contribution < -0.4 is 0 Å². The number of nitrogens with zero attached hydrogens (tertiary/aromatic N) is 3. The van der Waals surface area contributed by atoms with Crippen LogP contribution in [0.2, 0.25) is 5.02 Å². The van der Waals surface area contributed by atoms with Gasteiger partial charge in [-0.15, -0.1) is 0 Å². The fourth-order valence-electron chi connectivity index (χ4n) is 3.82. The van der Waals surface area contributed by atoms with Gasteiger partial charge < -0.3 is 4.98 Å². The van der Waals surface area contributed by atoms with E-state index in [4.69, 9.17) is 11.6 Å². The second-order valence-electron chi connectivity index (χ2n) is 6.96. The summed E-state index contributed by atoms with van der Waals surface area (Å²) in [6.07, 6.45) is 3.79. The van der Waals surface area contributed by atoms with Crippen molar-refractivity contribution in [3.63, 3.8) is 0 Å². The molecular weight excluding hydrogens is 382 g/mol. The molecule has 3 heterocycles. The molecule has 6 aromatic rings. The molecule has 3 aromatic heterocycles. The Balaban J connectivity index is 1.57. The molecule has 0 spiro atoms. The Morgan fingerprint density at radius 2 is 1.76 bits per heavy atom. The molecule has 0 saturated heterocycles. The van der Waals surface area contributed by atoms with E-state index in [1.165, 1.54) is 5.39 Å². The van der Waals surface area contributed by atoms with E-state index in [-0.39, 0.29) is 0 Å². The smallest absolute Gasteiger partial charge is 0.159 e. The number of rotatable bonds is 2. The molecule has 5 nitrogen and oxygen atoms in total. The van der Waals surface area contributed by atoms with Crippen LogP contribution in [0.4, 0.5) is 0 Å². The van der Waals surface area contributed by atoms with Crippen molar-refractivity contribution in [1.29, 1.82) is 0 Å². The molecule has 0 aliphatic carbocycles. The maximum Gasteiger partial charge on any atom is 0.159 e. The molecule has 0 aliphatic rings. The molecule has 0 saturated carbocycles. The Morgan fingerprint density at radius 3 is 2.69 bits per heavy atom. The van der Waals surface area contributed by atoms with Crippen LogP contribution in [-0.2, 0) is 0 Å². The van der Waals surface area contributed by atoms with Crippen LogP contribution in [-0.4, -0.2) is 25.1 Å². The number of para-hydroxylation sites is 1. The van der Waals surface area contributed by atoms with Gasteiger partial charge in [0.2, 0.25) is 0 Å². The zero-order chi connectivity index (χ0) is 19.4. The lowest BCUT2D eigenvalue weighted by atomic mass is 9.99. The Kier molecular flexibility index (Phi) is 3.45. The van der Waals surface area contributed by atoms with Gasteiger partial charge in [0.05, 0.1) is 16.1 Å². The minimum absolute atomic E-state index is 0.618. The van der Waals surface area contributed by atoms with Crippen molar-refractivity contribution in [3.05, 3.63) is 78.1 Å². The lowest BCUT2D eigenvalue weighted by molar-refractivity contribution is 1.11. The van der Waals surface area contributed by atoms with E-state index >= 15 is 0 Å². The molecule has 29 heavy (non-hydrogen) atoms. The molecule has 0 aliphatic heterocycles. The van der Waals surface area contributed by atoms with Crippen molar-refractivity contribution in [2.75, 3.05) is 0 Å². The van der Waals surface area contributed by atoms with Gasteiger partial charge >= 0.3 is 0 Å². The van der Waals surface area contributed by atoms with Gasteiger partial charge in [0.15, 0.2) is 5.82 Å². The van der Waals surface area contributed by atoms with Crippen LogP contribution in [0.15, 0.2) is 73.1 Å². The van der Waals surface area contributed by atoms with Crippen LogP contribution in [0, 0.1) is 0 Å². The quantitative estimate of drug-likeness (QED) is 0.379. The summed E-state index contributed by atoms with van der Waals surface area (Å²) in [5.41, 5.74) is 5.52. The monoisotopic (exact) mass is 395 g/mol. The number of H-pyrrole nitrogens is 2. The van der Waals surface area contributed by atoms with E-state index in [0.29, 0.717) is 10.8 Å². The number of aromatic amines is 2. The van der Waals surface area contributed by atoms with Gasteiger partial charge in [-0.25, -0.2) is 4.98 Å². The van der Waals surface area contributed by atoms with Crippen molar-refractivity contribution in [2.45, 2.75) is 0 Å². The highest BCUT2D eigenvalue weighted by atomic mass is 35.5. The summed E-state index contributed by atoms with van der Waals surface area (Å²) in [6.45, 7) is 0. The van der Waals surface area contributed by atoms with Gasteiger partial charge in [-0.2, -0.15) is 5.10 Å². The zero-order valence-corrected chi connectivity index (χ0v) is 15.9. The van der Waals surface area contributed by atoms with Gasteiger partial charge in [0.1, 0.15) is 11.2 Å². The third kappa shape index (κ3) is 2.52. The first-order chi connectivity index (χ1) is 14.3. The summed E-state index contributed by atoms with van der Waals surface area (Å²) in [5.74, 6) is 0.688. The van der Waals surface area contributed by atoms with E-state index in [0.717, 1.165) is 44.1 Å². The first-order valence-electron chi connectivity index (χ1n) is 9.24. The number of fused-ring (bicyclic) bond motifs is 3. The van der Waals surface area contributed by atoms with Crippen LogP contribution >= 0.6 is 11.6 Å². The summed E-state index contributed by atoms with van der Waals surface area (Å²) in [5, 5.41) is 11.5. The minimum Gasteiger partial charge on any atom is -0.337 e. The molecule has 2 N–H and O–H groups in total. The number of hydrogen-bond acceptors (Lipinski definition) is 3. The lowest BCUT2D eigenvalue weighted by Gasteiger charge is -2.06. The van der Waals surface area contributed by atoms with Crippen molar-refractivity contribution < 1.29 is 0 Å². The molecule has 6 rings (SSSR count). The topological polar surface area (TPSA) is 70.2 Å². The minimum atomic E-state index is 0.618. The number of halogens is 1. The maximum atomic E-state index is 6.29. The van der Waals surface area contributed by atoms with Crippen LogP contribution in [0.5, 0.6) is 0 Å². The molecule has 138 valence electrons. The number of hydrogen-bond donors (Lipinski definition) is 2. The molecule has 0 amide bonds. The van der Waals surface area contributed by atoms with E-state index < -0.39 is 0 Å². The first-order valence-corrected chi connectivity index (χ1v) is 9.61. The SMILES string of the molecule is Clc1cccc2[nH]c(-c3n[nH]c4ccc(-c5cncc6ccccc56)cc34)nc12. The van der Waals surface area contributed by atoms with E-state index in [1.54, 1.807) is 0 Å². The average molecular weight is 396 g/mol. The zero-order valence-electron chi connectivity index (χ0n) is 15.1. The summed E-state index contributed by atoms with van der Waals surface area (Å²) >= 11 is 6.29. The lowest BCUT2D eigenvalue weighted by Crippen LogP contribution is -1.85. The molecule has 6 heteroatoms. The fourth-order valence-corrected chi connectivity index (χ4v) is 4.03. The van der Waals surface area contributed by atoms with Gasteiger partial charge in [0.25, 0.3) is 0 Å². The standard InChI is InChI=1S/C23H14ClN5/c24-18-6-3-7-20-22(18)27-23(26-20)21-16-10-13(8-9-19(16)28-29-21)17-12-25-11-14-4-1-2-5-15(14)17/h1-12H,(H,26,27)(H,28,29). The van der Waals surface area contributed by atoms with Gasteiger partial charge in [0, 0.05) is 28.7 Å². The Morgan fingerprint density at radius 1 is 0.828 bits per heavy atom. The Hall–Kier alpha value is -3.70. The van der Waals surface area contributed by atoms with Crippen molar-refractivity contribution in [2.24, 2.45) is 0 Å². The van der Waals surface area contributed by atoms with Crippen molar-refractivity contribution >= 4 is 44.3 Å². The Labute approximate surface area is 170 Å². The van der Waals surface area contributed by atoms with Crippen molar-refractivity contribution in [1.82, 2.24) is 25.1 Å².